The first-order chi connectivity index (χ1) is 9.79. The molecule has 2 aromatic heterocycles. The first-order valence-corrected chi connectivity index (χ1v) is 6.29. The molecule has 0 aliphatic carbocycles. The molecule has 20 heavy (non-hydrogen) atoms. The van der Waals surface area contributed by atoms with Crippen LogP contribution < -0.4 is 0 Å². The summed E-state index contributed by atoms with van der Waals surface area (Å²) in [5.74, 6) is -0.352. The van der Waals surface area contributed by atoms with Crippen LogP contribution in [0.2, 0.25) is 0 Å². The smallest absolute Gasteiger partial charge is 0.338 e. The highest BCUT2D eigenvalue weighted by Gasteiger charge is 2.14. The summed E-state index contributed by atoms with van der Waals surface area (Å²) in [6, 6.07) is 9.81. The first-order valence-electron chi connectivity index (χ1n) is 6.29. The van der Waals surface area contributed by atoms with Crippen LogP contribution in [0.25, 0.3) is 22.6 Å². The molecule has 1 aromatic carbocycles. The van der Waals surface area contributed by atoms with Crippen LogP contribution in [0, 0.1) is 0 Å². The number of esters is 1. The Hall–Kier alpha value is -2.75. The second-order valence-corrected chi connectivity index (χ2v) is 4.44. The lowest BCUT2D eigenvalue weighted by atomic mass is 10.1. The molecule has 0 amide bonds. The molecule has 0 unspecified atom stereocenters. The number of para-hydroxylation sites is 1. The molecule has 0 aliphatic heterocycles. The maximum absolute atomic E-state index is 12.0. The summed E-state index contributed by atoms with van der Waals surface area (Å²) in [4.78, 5) is 18.1. The Morgan fingerprint density at radius 1 is 1.20 bits per heavy atom. The predicted octanol–water partition coefficient (Wildman–Crippen LogP) is 3.21. The van der Waals surface area contributed by atoms with Gasteiger partial charge in [0.1, 0.15) is 0 Å². The molecule has 100 valence electrons. The third kappa shape index (κ3) is 2.12. The fraction of sp³-hybridized carbons (Fsp3) is 0.0625. The van der Waals surface area contributed by atoms with Gasteiger partial charge in [0, 0.05) is 40.6 Å². The number of H-pyrrole nitrogens is 2. The van der Waals surface area contributed by atoms with Gasteiger partial charge in [-0.2, -0.15) is 0 Å². The zero-order valence-electron chi connectivity index (χ0n) is 11.0. The van der Waals surface area contributed by atoms with E-state index in [9.17, 15) is 4.79 Å². The number of methoxy groups -OCH3 is 1. The molecule has 2 heterocycles. The minimum Gasteiger partial charge on any atom is -0.465 e. The lowest BCUT2D eigenvalue weighted by Gasteiger charge is -2.03. The van der Waals surface area contributed by atoms with Gasteiger partial charge in [-0.25, -0.2) is 4.79 Å². The number of hydrogen-bond donors (Lipinski definition) is 2. The molecule has 3 rings (SSSR count). The Morgan fingerprint density at radius 3 is 2.80 bits per heavy atom. The average Bonchev–Trinajstić information content (AvgIpc) is 3.13. The van der Waals surface area contributed by atoms with E-state index in [1.807, 2.05) is 42.6 Å². The number of hydrogen-bond acceptors (Lipinski definition) is 2. The van der Waals surface area contributed by atoms with Gasteiger partial charge < -0.3 is 14.7 Å². The molecule has 4 heteroatoms. The van der Waals surface area contributed by atoms with Crippen molar-refractivity contribution in [2.45, 2.75) is 0 Å². The summed E-state index contributed by atoms with van der Waals surface area (Å²) in [6.07, 6.45) is 7.28. The van der Waals surface area contributed by atoms with Gasteiger partial charge in [0.2, 0.25) is 0 Å². The van der Waals surface area contributed by atoms with Crippen LogP contribution in [-0.2, 0) is 9.53 Å². The highest BCUT2D eigenvalue weighted by molar-refractivity contribution is 6.22. The van der Waals surface area contributed by atoms with Crippen LogP contribution in [0.5, 0.6) is 0 Å². The van der Waals surface area contributed by atoms with Gasteiger partial charge in [0.15, 0.2) is 0 Å². The summed E-state index contributed by atoms with van der Waals surface area (Å²) in [5, 5.41) is 1.07. The number of aromatic amines is 2. The zero-order valence-corrected chi connectivity index (χ0v) is 11.0. The van der Waals surface area contributed by atoms with Crippen LogP contribution >= 0.6 is 0 Å². The Bertz CT molecular complexity index is 767. The zero-order chi connectivity index (χ0) is 13.9. The molecular formula is C16H14N2O2. The Labute approximate surface area is 116 Å². The number of carbonyl (C=O) groups is 1. The lowest BCUT2D eigenvalue weighted by molar-refractivity contribution is -0.133. The molecule has 0 saturated carbocycles. The number of ether oxygens (including phenoxy) is 1. The average molecular weight is 266 g/mol. The number of fused-ring (bicyclic) bond motifs is 1. The number of benzene rings is 1. The van der Waals surface area contributed by atoms with E-state index in [0.29, 0.717) is 5.57 Å². The van der Waals surface area contributed by atoms with Gasteiger partial charge in [-0.05, 0) is 18.2 Å². The van der Waals surface area contributed by atoms with E-state index < -0.39 is 0 Å². The molecule has 4 nitrogen and oxygen atoms in total. The van der Waals surface area contributed by atoms with E-state index in [1.54, 1.807) is 12.4 Å². The highest BCUT2D eigenvalue weighted by Crippen LogP contribution is 2.24. The summed E-state index contributed by atoms with van der Waals surface area (Å²) in [5.41, 5.74) is 3.33. The molecule has 0 radical (unpaired) electrons. The van der Waals surface area contributed by atoms with Crippen LogP contribution in [0.15, 0.2) is 48.9 Å². The van der Waals surface area contributed by atoms with Crippen molar-refractivity contribution >= 4 is 28.5 Å². The van der Waals surface area contributed by atoms with Gasteiger partial charge in [0.05, 0.1) is 12.7 Å². The Balaban J connectivity index is 2.13. The van der Waals surface area contributed by atoms with Gasteiger partial charge in [-0.15, -0.1) is 0 Å². The van der Waals surface area contributed by atoms with Crippen molar-refractivity contribution in [3.63, 3.8) is 0 Å². The summed E-state index contributed by atoms with van der Waals surface area (Å²) >= 11 is 0. The predicted molar refractivity (Wildman–Crippen MR) is 79.0 cm³/mol. The second kappa shape index (κ2) is 5.09. The lowest BCUT2D eigenvalue weighted by Crippen LogP contribution is -2.03. The highest BCUT2D eigenvalue weighted by atomic mass is 16.5. The quantitative estimate of drug-likeness (QED) is 0.565. The normalized spacial score (nSPS) is 11.8. The number of carbonyl (C=O) groups excluding carboxylic acids is 1. The van der Waals surface area contributed by atoms with Gasteiger partial charge in [-0.1, -0.05) is 18.2 Å². The van der Waals surface area contributed by atoms with E-state index in [2.05, 4.69) is 9.97 Å². The molecular weight excluding hydrogens is 252 g/mol. The van der Waals surface area contributed by atoms with Crippen LogP contribution in [0.3, 0.4) is 0 Å². The third-order valence-electron chi connectivity index (χ3n) is 3.24. The third-order valence-corrected chi connectivity index (χ3v) is 3.24. The molecule has 0 fully saturated rings. The van der Waals surface area contributed by atoms with Crippen molar-refractivity contribution in [2.24, 2.45) is 0 Å². The number of rotatable bonds is 3. The van der Waals surface area contributed by atoms with Crippen molar-refractivity contribution < 1.29 is 9.53 Å². The maximum Gasteiger partial charge on any atom is 0.338 e. The van der Waals surface area contributed by atoms with Crippen molar-refractivity contribution in [2.75, 3.05) is 7.11 Å². The van der Waals surface area contributed by atoms with Gasteiger partial charge in [-0.3, -0.25) is 0 Å². The molecule has 0 saturated heterocycles. The van der Waals surface area contributed by atoms with E-state index >= 15 is 0 Å². The SMILES string of the molecule is COC(=O)/C(=C/c1c[nH]c2ccccc12)c1cc[nH]c1. The minimum absolute atomic E-state index is 0.352. The standard InChI is InChI=1S/C16H14N2O2/c1-20-16(19)14(11-6-7-17-9-11)8-12-10-18-15-5-3-2-4-13(12)15/h2-10,17-18H,1H3/b14-8+. The minimum atomic E-state index is -0.352. The molecule has 2 N–H and O–H groups in total. The van der Waals surface area contributed by atoms with E-state index in [0.717, 1.165) is 22.0 Å². The topological polar surface area (TPSA) is 57.9 Å². The molecule has 0 atom stereocenters. The maximum atomic E-state index is 12.0. The Morgan fingerprint density at radius 2 is 2.05 bits per heavy atom. The fourth-order valence-electron chi connectivity index (χ4n) is 2.23. The molecule has 0 spiro atoms. The van der Waals surface area contributed by atoms with Crippen LogP contribution in [0.1, 0.15) is 11.1 Å². The first kappa shape index (κ1) is 12.3. The number of nitrogens with one attached hydrogen (secondary N) is 2. The second-order valence-electron chi connectivity index (χ2n) is 4.44. The molecule has 0 aliphatic rings. The van der Waals surface area contributed by atoms with Crippen molar-refractivity contribution in [1.29, 1.82) is 0 Å². The van der Waals surface area contributed by atoms with Crippen molar-refractivity contribution in [3.05, 3.63) is 60.0 Å². The summed E-state index contributed by atoms with van der Waals surface area (Å²) in [6.45, 7) is 0. The fourth-order valence-corrected chi connectivity index (χ4v) is 2.23. The monoisotopic (exact) mass is 266 g/mol. The molecule has 0 bridgehead atoms. The summed E-state index contributed by atoms with van der Waals surface area (Å²) in [7, 11) is 1.39. The van der Waals surface area contributed by atoms with E-state index in [1.165, 1.54) is 7.11 Å². The van der Waals surface area contributed by atoms with E-state index in [-0.39, 0.29) is 5.97 Å². The van der Waals surface area contributed by atoms with Crippen molar-refractivity contribution in [3.8, 4) is 0 Å². The Kier molecular flexibility index (Phi) is 3.13. The van der Waals surface area contributed by atoms with Gasteiger partial charge >= 0.3 is 5.97 Å². The number of aromatic nitrogens is 2. The largest absolute Gasteiger partial charge is 0.465 e. The van der Waals surface area contributed by atoms with Crippen LogP contribution in [-0.4, -0.2) is 23.0 Å². The summed E-state index contributed by atoms with van der Waals surface area (Å²) < 4.78 is 4.87. The molecule has 3 aromatic rings. The van der Waals surface area contributed by atoms with Gasteiger partial charge in [0.25, 0.3) is 0 Å². The van der Waals surface area contributed by atoms with Crippen molar-refractivity contribution in [1.82, 2.24) is 9.97 Å². The van der Waals surface area contributed by atoms with Crippen LogP contribution in [0.4, 0.5) is 0 Å². The van der Waals surface area contributed by atoms with E-state index in [4.69, 9.17) is 4.74 Å².